The number of likely N-dealkylation sites (tertiary alicyclic amines) is 1. The number of aromatic nitrogens is 1. The molecule has 0 radical (unpaired) electrons. The van der Waals surface area contributed by atoms with Crippen molar-refractivity contribution in [2.24, 2.45) is 5.92 Å². The van der Waals surface area contributed by atoms with Crippen LogP contribution in [0.15, 0.2) is 35.7 Å². The van der Waals surface area contributed by atoms with Gasteiger partial charge in [-0.2, -0.15) is 0 Å². The Bertz CT molecular complexity index is 808. The van der Waals surface area contributed by atoms with Gasteiger partial charge in [-0.1, -0.05) is 30.3 Å². The van der Waals surface area contributed by atoms with Gasteiger partial charge in [-0.3, -0.25) is 9.59 Å². The summed E-state index contributed by atoms with van der Waals surface area (Å²) in [4.78, 5) is 31.1. The highest BCUT2D eigenvalue weighted by molar-refractivity contribution is 7.13. The van der Waals surface area contributed by atoms with E-state index in [4.69, 9.17) is 0 Å². The van der Waals surface area contributed by atoms with E-state index in [1.165, 1.54) is 0 Å². The first-order valence-electron chi connectivity index (χ1n) is 10.2. The van der Waals surface area contributed by atoms with Crippen LogP contribution in [0.1, 0.15) is 44.2 Å². The standard InChI is InChI=1S/C22H27N3O2S/c26-20(23-18-7-8-18)9-6-16-10-12-25(13-11-16)21(27)14-19-15-28-22(24-19)17-4-2-1-3-5-17/h1-5,15-16,18H,6-14H2,(H,23,26). The molecule has 2 fully saturated rings. The fourth-order valence-electron chi connectivity index (χ4n) is 3.70. The second kappa shape index (κ2) is 8.86. The number of nitrogens with zero attached hydrogens (tertiary/aromatic N) is 2. The third kappa shape index (κ3) is 5.19. The Balaban J connectivity index is 1.21. The highest BCUT2D eigenvalue weighted by Crippen LogP contribution is 2.26. The molecule has 5 nitrogen and oxygen atoms in total. The van der Waals surface area contributed by atoms with Crippen LogP contribution in [0, 0.1) is 5.92 Å². The van der Waals surface area contributed by atoms with Crippen molar-refractivity contribution in [2.45, 2.75) is 51.0 Å². The summed E-state index contributed by atoms with van der Waals surface area (Å²) in [5, 5.41) is 6.01. The van der Waals surface area contributed by atoms with E-state index in [1.54, 1.807) is 11.3 Å². The van der Waals surface area contributed by atoms with Gasteiger partial charge in [0.15, 0.2) is 0 Å². The van der Waals surface area contributed by atoms with Crippen molar-refractivity contribution in [3.8, 4) is 10.6 Å². The van der Waals surface area contributed by atoms with Crippen molar-refractivity contribution in [1.29, 1.82) is 0 Å². The molecule has 1 aromatic heterocycles. The van der Waals surface area contributed by atoms with Crippen molar-refractivity contribution in [2.75, 3.05) is 13.1 Å². The Morgan fingerprint density at radius 1 is 1.11 bits per heavy atom. The molecule has 2 amide bonds. The van der Waals surface area contributed by atoms with E-state index in [1.807, 2.05) is 40.6 Å². The number of hydrogen-bond donors (Lipinski definition) is 1. The molecule has 4 rings (SSSR count). The van der Waals surface area contributed by atoms with Crippen LogP contribution in [-0.2, 0) is 16.0 Å². The normalized spacial score (nSPS) is 17.5. The fraction of sp³-hybridized carbons (Fsp3) is 0.500. The maximum absolute atomic E-state index is 12.6. The average Bonchev–Trinajstić information content (AvgIpc) is 3.42. The lowest BCUT2D eigenvalue weighted by Crippen LogP contribution is -2.39. The Hall–Kier alpha value is -2.21. The number of carbonyl (C=O) groups excluding carboxylic acids is 2. The lowest BCUT2D eigenvalue weighted by molar-refractivity contribution is -0.132. The second-order valence-electron chi connectivity index (χ2n) is 7.89. The first kappa shape index (κ1) is 19.1. The summed E-state index contributed by atoms with van der Waals surface area (Å²) in [7, 11) is 0. The van der Waals surface area contributed by atoms with Crippen LogP contribution in [0.5, 0.6) is 0 Å². The van der Waals surface area contributed by atoms with E-state index in [0.717, 1.165) is 61.5 Å². The summed E-state index contributed by atoms with van der Waals surface area (Å²) >= 11 is 1.59. The zero-order valence-corrected chi connectivity index (χ0v) is 16.9. The van der Waals surface area contributed by atoms with Crippen LogP contribution in [0.25, 0.3) is 10.6 Å². The molecule has 0 unspecified atom stereocenters. The fourth-order valence-corrected chi connectivity index (χ4v) is 4.53. The van der Waals surface area contributed by atoms with Crippen LogP contribution in [0.3, 0.4) is 0 Å². The van der Waals surface area contributed by atoms with Crippen LogP contribution in [-0.4, -0.2) is 40.8 Å². The molecule has 2 aliphatic rings. The third-order valence-electron chi connectivity index (χ3n) is 5.59. The molecule has 1 N–H and O–H groups in total. The molecule has 2 aromatic rings. The average molecular weight is 398 g/mol. The van der Waals surface area contributed by atoms with Gasteiger partial charge in [-0.25, -0.2) is 4.98 Å². The Labute approximate surface area is 170 Å². The molecule has 148 valence electrons. The summed E-state index contributed by atoms with van der Waals surface area (Å²) in [6.45, 7) is 1.59. The number of carbonyl (C=O) groups is 2. The van der Waals surface area contributed by atoms with E-state index in [9.17, 15) is 9.59 Å². The number of nitrogens with one attached hydrogen (secondary N) is 1. The van der Waals surface area contributed by atoms with Gasteiger partial charge in [0.2, 0.25) is 11.8 Å². The number of hydrogen-bond acceptors (Lipinski definition) is 4. The summed E-state index contributed by atoms with van der Waals surface area (Å²) < 4.78 is 0. The lowest BCUT2D eigenvalue weighted by Gasteiger charge is -2.32. The molecule has 1 saturated carbocycles. The smallest absolute Gasteiger partial charge is 0.228 e. The van der Waals surface area contributed by atoms with E-state index in [-0.39, 0.29) is 11.8 Å². The predicted molar refractivity (Wildman–Crippen MR) is 111 cm³/mol. The van der Waals surface area contributed by atoms with E-state index in [2.05, 4.69) is 10.3 Å². The number of thiazole rings is 1. The molecule has 0 spiro atoms. The van der Waals surface area contributed by atoms with Crippen molar-refractivity contribution in [3.05, 3.63) is 41.4 Å². The number of amides is 2. The molecule has 2 heterocycles. The molecular weight excluding hydrogens is 370 g/mol. The monoisotopic (exact) mass is 397 g/mol. The van der Waals surface area contributed by atoms with Gasteiger partial charge >= 0.3 is 0 Å². The van der Waals surface area contributed by atoms with E-state index < -0.39 is 0 Å². The summed E-state index contributed by atoms with van der Waals surface area (Å²) in [5.74, 6) is 0.909. The van der Waals surface area contributed by atoms with Crippen LogP contribution in [0.4, 0.5) is 0 Å². The molecule has 6 heteroatoms. The molecule has 1 aliphatic carbocycles. The van der Waals surface area contributed by atoms with Crippen molar-refractivity contribution in [1.82, 2.24) is 15.2 Å². The highest BCUT2D eigenvalue weighted by Gasteiger charge is 2.26. The molecule has 0 atom stereocenters. The first-order chi connectivity index (χ1) is 13.7. The Kier molecular flexibility index (Phi) is 6.05. The third-order valence-corrected chi connectivity index (χ3v) is 6.53. The van der Waals surface area contributed by atoms with E-state index >= 15 is 0 Å². The van der Waals surface area contributed by atoms with Gasteiger partial charge in [0, 0.05) is 36.5 Å². The molecule has 1 aromatic carbocycles. The molecule has 1 saturated heterocycles. The van der Waals surface area contributed by atoms with Gasteiger partial charge in [-0.15, -0.1) is 11.3 Å². The van der Waals surface area contributed by atoms with Gasteiger partial charge in [0.1, 0.15) is 5.01 Å². The minimum atomic E-state index is 0.162. The summed E-state index contributed by atoms with van der Waals surface area (Å²) in [6, 6.07) is 10.5. The largest absolute Gasteiger partial charge is 0.353 e. The van der Waals surface area contributed by atoms with Crippen LogP contribution < -0.4 is 5.32 Å². The zero-order valence-electron chi connectivity index (χ0n) is 16.1. The SMILES string of the molecule is O=C(CCC1CCN(C(=O)Cc2csc(-c3ccccc3)n2)CC1)NC1CC1. The topological polar surface area (TPSA) is 62.3 Å². The zero-order chi connectivity index (χ0) is 19.3. The molecule has 0 bridgehead atoms. The number of rotatable bonds is 7. The minimum absolute atomic E-state index is 0.162. The predicted octanol–water partition coefficient (Wildman–Crippen LogP) is 3.65. The minimum Gasteiger partial charge on any atom is -0.353 e. The highest BCUT2D eigenvalue weighted by atomic mass is 32.1. The van der Waals surface area contributed by atoms with Gasteiger partial charge in [-0.05, 0) is 38.0 Å². The molecule has 1 aliphatic heterocycles. The summed E-state index contributed by atoms with van der Waals surface area (Å²) in [6.07, 6.45) is 6.20. The molecular formula is C22H27N3O2S. The second-order valence-corrected chi connectivity index (χ2v) is 8.75. The lowest BCUT2D eigenvalue weighted by atomic mass is 9.92. The Morgan fingerprint density at radius 2 is 1.86 bits per heavy atom. The van der Waals surface area contributed by atoms with Crippen LogP contribution in [0.2, 0.25) is 0 Å². The van der Waals surface area contributed by atoms with Crippen molar-refractivity contribution < 1.29 is 9.59 Å². The van der Waals surface area contributed by atoms with Gasteiger partial charge < -0.3 is 10.2 Å². The maximum atomic E-state index is 12.6. The first-order valence-corrected chi connectivity index (χ1v) is 11.1. The quantitative estimate of drug-likeness (QED) is 0.776. The Morgan fingerprint density at radius 3 is 2.57 bits per heavy atom. The van der Waals surface area contributed by atoms with Crippen LogP contribution >= 0.6 is 11.3 Å². The summed E-state index contributed by atoms with van der Waals surface area (Å²) in [5.41, 5.74) is 1.95. The van der Waals surface area contributed by atoms with Gasteiger partial charge in [0.05, 0.1) is 12.1 Å². The van der Waals surface area contributed by atoms with E-state index in [0.29, 0.717) is 24.8 Å². The van der Waals surface area contributed by atoms with Gasteiger partial charge in [0.25, 0.3) is 0 Å². The number of benzene rings is 1. The number of piperidine rings is 1. The molecule has 28 heavy (non-hydrogen) atoms. The van der Waals surface area contributed by atoms with Crippen molar-refractivity contribution in [3.63, 3.8) is 0 Å². The maximum Gasteiger partial charge on any atom is 0.228 e. The van der Waals surface area contributed by atoms with Crippen molar-refractivity contribution >= 4 is 23.2 Å².